The molecule has 1 aliphatic rings. The van der Waals surface area contributed by atoms with Crippen LogP contribution in [0.25, 0.3) is 0 Å². The zero-order valence-corrected chi connectivity index (χ0v) is 16.7. The van der Waals surface area contributed by atoms with Crippen molar-refractivity contribution in [3.63, 3.8) is 0 Å². The van der Waals surface area contributed by atoms with E-state index in [1.54, 1.807) is 23.1 Å². The van der Waals surface area contributed by atoms with Crippen molar-refractivity contribution < 1.29 is 14.3 Å². The SMILES string of the molecule is COc1ccc(Cl)cc1C(=O)Nc1ccc2c(c1)N(C(=O)C(C)(C)C)CC2. The molecule has 0 fully saturated rings. The van der Waals surface area contributed by atoms with Crippen molar-refractivity contribution in [2.75, 3.05) is 23.9 Å². The molecule has 1 heterocycles. The van der Waals surface area contributed by atoms with Crippen LogP contribution in [0.3, 0.4) is 0 Å². The van der Waals surface area contributed by atoms with Crippen molar-refractivity contribution in [2.45, 2.75) is 27.2 Å². The van der Waals surface area contributed by atoms with Crippen molar-refractivity contribution in [3.05, 3.63) is 52.5 Å². The van der Waals surface area contributed by atoms with E-state index in [0.29, 0.717) is 28.6 Å². The van der Waals surface area contributed by atoms with Gasteiger partial charge in [0, 0.05) is 28.4 Å². The summed E-state index contributed by atoms with van der Waals surface area (Å²) in [5.74, 6) is 0.199. The monoisotopic (exact) mass is 386 g/mol. The number of carbonyl (C=O) groups is 2. The van der Waals surface area contributed by atoms with Crippen LogP contribution in [0.15, 0.2) is 36.4 Å². The minimum Gasteiger partial charge on any atom is -0.496 e. The molecule has 1 aliphatic heterocycles. The Morgan fingerprint density at radius 2 is 1.89 bits per heavy atom. The maximum Gasteiger partial charge on any atom is 0.259 e. The van der Waals surface area contributed by atoms with E-state index in [1.807, 2.05) is 39.0 Å². The highest BCUT2D eigenvalue weighted by Crippen LogP contribution is 2.34. The van der Waals surface area contributed by atoms with Crippen LogP contribution in [0.1, 0.15) is 36.7 Å². The highest BCUT2D eigenvalue weighted by molar-refractivity contribution is 6.31. The number of halogens is 1. The van der Waals surface area contributed by atoms with E-state index in [2.05, 4.69) is 5.32 Å². The predicted molar refractivity (Wildman–Crippen MR) is 108 cm³/mol. The number of rotatable bonds is 3. The molecule has 0 saturated carbocycles. The second kappa shape index (κ2) is 7.24. The molecule has 2 aromatic carbocycles. The normalized spacial score (nSPS) is 13.3. The van der Waals surface area contributed by atoms with Gasteiger partial charge in [-0.3, -0.25) is 9.59 Å². The number of nitrogens with one attached hydrogen (secondary N) is 1. The summed E-state index contributed by atoms with van der Waals surface area (Å²) in [5, 5.41) is 3.33. The van der Waals surface area contributed by atoms with Gasteiger partial charge in [-0.2, -0.15) is 0 Å². The summed E-state index contributed by atoms with van der Waals surface area (Å²) in [7, 11) is 1.51. The standard InChI is InChI=1S/C21H23ClN2O3/c1-21(2,3)20(26)24-10-9-13-5-7-15(12-17(13)24)23-19(25)16-11-14(22)6-8-18(16)27-4/h5-8,11-12H,9-10H2,1-4H3,(H,23,25). The van der Waals surface area contributed by atoms with Gasteiger partial charge >= 0.3 is 0 Å². The van der Waals surface area contributed by atoms with Gasteiger partial charge in [0.25, 0.3) is 5.91 Å². The molecule has 1 N–H and O–H groups in total. The van der Waals surface area contributed by atoms with Crippen LogP contribution >= 0.6 is 11.6 Å². The topological polar surface area (TPSA) is 58.6 Å². The van der Waals surface area contributed by atoms with Gasteiger partial charge in [0.1, 0.15) is 5.75 Å². The summed E-state index contributed by atoms with van der Waals surface area (Å²) < 4.78 is 5.25. The predicted octanol–water partition coefficient (Wildman–Crippen LogP) is 4.54. The Morgan fingerprint density at radius 3 is 2.56 bits per heavy atom. The fourth-order valence-electron chi connectivity index (χ4n) is 3.13. The van der Waals surface area contributed by atoms with Crippen LogP contribution in [0.5, 0.6) is 5.75 Å². The molecule has 0 unspecified atom stereocenters. The lowest BCUT2D eigenvalue weighted by Gasteiger charge is -2.26. The number of benzene rings is 2. The Balaban J connectivity index is 1.87. The van der Waals surface area contributed by atoms with Gasteiger partial charge in [-0.1, -0.05) is 38.4 Å². The maximum atomic E-state index is 12.7. The first-order valence-corrected chi connectivity index (χ1v) is 9.18. The van der Waals surface area contributed by atoms with Gasteiger partial charge in [-0.25, -0.2) is 0 Å². The van der Waals surface area contributed by atoms with Crippen LogP contribution in [0.2, 0.25) is 5.02 Å². The summed E-state index contributed by atoms with van der Waals surface area (Å²) in [6.45, 7) is 6.38. The van der Waals surface area contributed by atoms with Gasteiger partial charge < -0.3 is 15.0 Å². The molecule has 6 heteroatoms. The molecular formula is C21H23ClN2O3. The Bertz CT molecular complexity index is 903. The summed E-state index contributed by atoms with van der Waals surface area (Å²) in [5.41, 5.74) is 2.47. The van der Waals surface area contributed by atoms with Crippen molar-refractivity contribution in [3.8, 4) is 5.75 Å². The van der Waals surface area contributed by atoms with E-state index in [0.717, 1.165) is 17.7 Å². The minimum absolute atomic E-state index is 0.0706. The molecule has 0 bridgehead atoms. The lowest BCUT2D eigenvalue weighted by Crippen LogP contribution is -2.38. The summed E-state index contributed by atoms with van der Waals surface area (Å²) in [6.07, 6.45) is 0.813. The van der Waals surface area contributed by atoms with Crippen molar-refractivity contribution in [2.24, 2.45) is 5.41 Å². The first-order valence-electron chi connectivity index (χ1n) is 8.80. The van der Waals surface area contributed by atoms with Gasteiger partial charge in [0.05, 0.1) is 12.7 Å². The molecule has 27 heavy (non-hydrogen) atoms. The maximum absolute atomic E-state index is 12.7. The number of amides is 2. The third kappa shape index (κ3) is 3.93. The van der Waals surface area contributed by atoms with Crippen molar-refractivity contribution in [1.29, 1.82) is 0 Å². The molecule has 5 nitrogen and oxygen atoms in total. The first-order chi connectivity index (χ1) is 12.7. The average molecular weight is 387 g/mol. The summed E-state index contributed by atoms with van der Waals surface area (Å²) >= 11 is 6.01. The van der Waals surface area contributed by atoms with Crippen LogP contribution in [0, 0.1) is 5.41 Å². The van der Waals surface area contributed by atoms with Crippen LogP contribution in [-0.4, -0.2) is 25.5 Å². The number of anilines is 2. The van der Waals surface area contributed by atoms with Gasteiger partial charge in [-0.05, 0) is 42.3 Å². The molecule has 2 amide bonds. The summed E-state index contributed by atoms with van der Waals surface area (Å²) in [4.78, 5) is 27.2. The van der Waals surface area contributed by atoms with Crippen LogP contribution in [0.4, 0.5) is 11.4 Å². The second-order valence-electron chi connectivity index (χ2n) is 7.60. The van der Waals surface area contributed by atoms with E-state index in [1.165, 1.54) is 7.11 Å². The number of methoxy groups -OCH3 is 1. The molecule has 0 radical (unpaired) electrons. The van der Waals surface area contributed by atoms with E-state index < -0.39 is 5.41 Å². The fraction of sp³-hybridized carbons (Fsp3) is 0.333. The Morgan fingerprint density at radius 1 is 1.15 bits per heavy atom. The molecule has 0 aromatic heterocycles. The molecule has 3 rings (SSSR count). The van der Waals surface area contributed by atoms with Gasteiger partial charge in [-0.15, -0.1) is 0 Å². The first kappa shape index (κ1) is 19.2. The Labute approximate surface area is 164 Å². The largest absolute Gasteiger partial charge is 0.496 e. The number of ether oxygens (including phenoxy) is 1. The third-order valence-corrected chi connectivity index (χ3v) is 4.77. The smallest absolute Gasteiger partial charge is 0.259 e. The molecule has 0 atom stereocenters. The number of hydrogen-bond acceptors (Lipinski definition) is 3. The lowest BCUT2D eigenvalue weighted by molar-refractivity contribution is -0.125. The zero-order chi connectivity index (χ0) is 19.8. The van der Waals surface area contributed by atoms with E-state index in [4.69, 9.17) is 16.3 Å². The number of hydrogen-bond donors (Lipinski definition) is 1. The van der Waals surface area contributed by atoms with E-state index in [-0.39, 0.29) is 11.8 Å². The lowest BCUT2D eigenvalue weighted by atomic mass is 9.94. The molecule has 0 aliphatic carbocycles. The number of fused-ring (bicyclic) bond motifs is 1. The number of carbonyl (C=O) groups excluding carboxylic acids is 2. The molecular weight excluding hydrogens is 364 g/mol. The van der Waals surface area contributed by atoms with E-state index >= 15 is 0 Å². The minimum atomic E-state index is -0.463. The second-order valence-corrected chi connectivity index (χ2v) is 8.04. The Kier molecular flexibility index (Phi) is 5.16. The van der Waals surface area contributed by atoms with Gasteiger partial charge in [0.15, 0.2) is 0 Å². The van der Waals surface area contributed by atoms with E-state index in [9.17, 15) is 9.59 Å². The molecule has 0 saturated heterocycles. The summed E-state index contributed by atoms with van der Waals surface area (Å²) in [6, 6.07) is 10.5. The van der Waals surface area contributed by atoms with Gasteiger partial charge in [0.2, 0.25) is 5.91 Å². The zero-order valence-electron chi connectivity index (χ0n) is 15.9. The van der Waals surface area contributed by atoms with Crippen LogP contribution < -0.4 is 15.0 Å². The number of nitrogens with zero attached hydrogens (tertiary/aromatic N) is 1. The molecule has 142 valence electrons. The quantitative estimate of drug-likeness (QED) is 0.842. The highest BCUT2D eigenvalue weighted by Gasteiger charge is 2.32. The fourth-order valence-corrected chi connectivity index (χ4v) is 3.30. The average Bonchev–Trinajstić information content (AvgIpc) is 3.03. The molecule has 2 aromatic rings. The molecule has 0 spiro atoms. The highest BCUT2D eigenvalue weighted by atomic mass is 35.5. The van der Waals surface area contributed by atoms with Crippen LogP contribution in [-0.2, 0) is 11.2 Å². The van der Waals surface area contributed by atoms with Crippen molar-refractivity contribution in [1.82, 2.24) is 0 Å². The van der Waals surface area contributed by atoms with Crippen molar-refractivity contribution >= 4 is 34.8 Å². The Hall–Kier alpha value is -2.53. The third-order valence-electron chi connectivity index (χ3n) is 4.53.